The van der Waals surface area contributed by atoms with E-state index in [0.717, 1.165) is 38.9 Å². The Morgan fingerprint density at radius 3 is 1.78 bits per heavy atom. The van der Waals surface area contributed by atoms with Crippen LogP contribution in [0.5, 0.6) is 0 Å². The van der Waals surface area contributed by atoms with Crippen molar-refractivity contribution in [2.45, 2.75) is 19.3 Å². The van der Waals surface area contributed by atoms with Crippen LogP contribution in [0.1, 0.15) is 36.1 Å². The van der Waals surface area contributed by atoms with Gasteiger partial charge in [-0.25, -0.2) is 4.99 Å². The first-order valence-corrected chi connectivity index (χ1v) is 18.2. The van der Waals surface area contributed by atoms with E-state index in [1.54, 1.807) is 0 Å². The SMILES string of the molecule is CC1(C)c2cc(C#N)ccc2-c2ccc(-c3cccc4c(-c5ccc(C(=N)N=c6[nH]cc(-c7ccccc7)cc6-c6ccccc6)cc5)cccc34)cc21. The molecule has 1 aliphatic carbocycles. The lowest BCUT2D eigenvalue weighted by atomic mass is 9.81. The van der Waals surface area contributed by atoms with Crippen molar-refractivity contribution < 1.29 is 0 Å². The van der Waals surface area contributed by atoms with Crippen LogP contribution in [0.25, 0.3) is 66.4 Å². The number of hydrogen-bond donors (Lipinski definition) is 2. The summed E-state index contributed by atoms with van der Waals surface area (Å²) in [5, 5.41) is 20.9. The zero-order valence-corrected chi connectivity index (χ0v) is 30.1. The molecule has 1 heterocycles. The Bertz CT molecular complexity index is 2860. The van der Waals surface area contributed by atoms with Crippen LogP contribution in [0.15, 0.2) is 175 Å². The van der Waals surface area contributed by atoms with Crippen LogP contribution in [0, 0.1) is 16.7 Å². The van der Waals surface area contributed by atoms with Crippen LogP contribution in [0.2, 0.25) is 0 Å². The van der Waals surface area contributed by atoms with Crippen LogP contribution < -0.4 is 5.49 Å². The highest BCUT2D eigenvalue weighted by Crippen LogP contribution is 2.50. The molecule has 4 heteroatoms. The minimum atomic E-state index is -0.211. The van der Waals surface area contributed by atoms with Gasteiger partial charge in [0.2, 0.25) is 0 Å². The topological polar surface area (TPSA) is 75.8 Å². The number of pyridine rings is 1. The third-order valence-corrected chi connectivity index (χ3v) is 10.8. The van der Waals surface area contributed by atoms with Crippen molar-refractivity contribution in [2.75, 3.05) is 0 Å². The summed E-state index contributed by atoms with van der Waals surface area (Å²) in [5.74, 6) is 0.188. The van der Waals surface area contributed by atoms with Gasteiger partial charge >= 0.3 is 0 Å². The van der Waals surface area contributed by atoms with Gasteiger partial charge in [-0.3, -0.25) is 5.41 Å². The number of hydrogen-bond acceptors (Lipinski definition) is 2. The molecular formula is C50H36N4. The van der Waals surface area contributed by atoms with Gasteiger partial charge in [0.15, 0.2) is 5.84 Å². The van der Waals surface area contributed by atoms with Gasteiger partial charge in [0, 0.05) is 22.7 Å². The molecule has 0 amide bonds. The number of aromatic nitrogens is 1. The number of H-pyrrole nitrogens is 1. The molecule has 0 bridgehead atoms. The molecular weight excluding hydrogens is 657 g/mol. The number of benzene rings is 7. The monoisotopic (exact) mass is 692 g/mol. The first-order chi connectivity index (χ1) is 26.4. The molecule has 0 radical (unpaired) electrons. The highest BCUT2D eigenvalue weighted by molar-refractivity contribution is 6.05. The number of fused-ring (bicyclic) bond motifs is 4. The van der Waals surface area contributed by atoms with E-state index in [-0.39, 0.29) is 11.3 Å². The average molecular weight is 693 g/mol. The van der Waals surface area contributed by atoms with Gasteiger partial charge in [-0.2, -0.15) is 5.26 Å². The summed E-state index contributed by atoms with van der Waals surface area (Å²) >= 11 is 0. The second-order valence-electron chi connectivity index (χ2n) is 14.4. The Morgan fingerprint density at radius 2 is 1.11 bits per heavy atom. The van der Waals surface area contributed by atoms with Crippen molar-refractivity contribution in [3.05, 3.63) is 198 Å². The van der Waals surface area contributed by atoms with Crippen molar-refractivity contribution >= 4 is 16.6 Å². The van der Waals surface area contributed by atoms with E-state index >= 15 is 0 Å². The normalized spacial score (nSPS) is 12.9. The quantitative estimate of drug-likeness (QED) is 0.137. The van der Waals surface area contributed by atoms with Crippen molar-refractivity contribution in [2.24, 2.45) is 4.99 Å². The number of amidine groups is 1. The molecule has 0 atom stereocenters. The van der Waals surface area contributed by atoms with Gasteiger partial charge in [-0.15, -0.1) is 0 Å². The van der Waals surface area contributed by atoms with Crippen molar-refractivity contribution in [1.82, 2.24) is 4.98 Å². The lowest BCUT2D eigenvalue weighted by Crippen LogP contribution is -2.15. The molecule has 0 saturated carbocycles. The maximum atomic E-state index is 9.57. The largest absolute Gasteiger partial charge is 0.345 e. The molecule has 9 rings (SSSR count). The molecule has 8 aromatic rings. The molecule has 0 saturated heterocycles. The molecule has 54 heavy (non-hydrogen) atoms. The van der Waals surface area contributed by atoms with E-state index in [1.807, 2.05) is 66.9 Å². The Labute approximate surface area is 314 Å². The van der Waals surface area contributed by atoms with E-state index in [9.17, 15) is 5.26 Å². The summed E-state index contributed by atoms with van der Waals surface area (Å²) < 4.78 is 0. The number of nitrogens with zero attached hydrogens (tertiary/aromatic N) is 2. The first-order valence-electron chi connectivity index (χ1n) is 18.2. The van der Waals surface area contributed by atoms with E-state index in [1.165, 1.54) is 44.2 Å². The highest BCUT2D eigenvalue weighted by Gasteiger charge is 2.36. The number of rotatable bonds is 5. The van der Waals surface area contributed by atoms with Gasteiger partial charge in [0.05, 0.1) is 11.6 Å². The Balaban J connectivity index is 1.05. The van der Waals surface area contributed by atoms with Gasteiger partial charge in [-0.1, -0.05) is 153 Å². The fourth-order valence-electron chi connectivity index (χ4n) is 7.99. The molecule has 0 unspecified atom stereocenters. The second kappa shape index (κ2) is 13.2. The number of nitrogens with one attached hydrogen (secondary N) is 2. The smallest absolute Gasteiger partial charge is 0.154 e. The maximum Gasteiger partial charge on any atom is 0.154 e. The summed E-state index contributed by atoms with van der Waals surface area (Å²) in [6.45, 7) is 4.51. The van der Waals surface area contributed by atoms with E-state index < -0.39 is 0 Å². The number of aromatic amines is 1. The van der Waals surface area contributed by atoms with Gasteiger partial charge in [0.1, 0.15) is 5.49 Å². The molecule has 0 spiro atoms. The summed E-state index contributed by atoms with van der Waals surface area (Å²) in [6, 6.07) is 59.0. The maximum absolute atomic E-state index is 9.57. The minimum absolute atomic E-state index is 0.188. The number of nitriles is 1. The molecule has 1 aliphatic rings. The lowest BCUT2D eigenvalue weighted by Gasteiger charge is -2.22. The highest BCUT2D eigenvalue weighted by atomic mass is 14.9. The van der Waals surface area contributed by atoms with Crippen molar-refractivity contribution in [3.63, 3.8) is 0 Å². The van der Waals surface area contributed by atoms with Gasteiger partial charge in [0.25, 0.3) is 0 Å². The Hall–Kier alpha value is -7.09. The molecule has 1 aromatic heterocycles. The predicted octanol–water partition coefficient (Wildman–Crippen LogP) is 11.9. The minimum Gasteiger partial charge on any atom is -0.345 e. The average Bonchev–Trinajstić information content (AvgIpc) is 3.45. The van der Waals surface area contributed by atoms with E-state index in [4.69, 9.17) is 10.4 Å². The van der Waals surface area contributed by atoms with E-state index in [0.29, 0.717) is 11.1 Å². The molecule has 0 aliphatic heterocycles. The van der Waals surface area contributed by atoms with Crippen molar-refractivity contribution in [1.29, 1.82) is 10.7 Å². The Kier molecular flexibility index (Phi) is 7.99. The third kappa shape index (κ3) is 5.64. The second-order valence-corrected chi connectivity index (χ2v) is 14.4. The summed E-state index contributed by atoms with van der Waals surface area (Å²) in [4.78, 5) is 8.20. The lowest BCUT2D eigenvalue weighted by molar-refractivity contribution is 0.660. The van der Waals surface area contributed by atoms with Crippen molar-refractivity contribution in [3.8, 4) is 61.7 Å². The van der Waals surface area contributed by atoms with Crippen LogP contribution in [0.3, 0.4) is 0 Å². The molecule has 256 valence electrons. The molecule has 0 fully saturated rings. The van der Waals surface area contributed by atoms with Crippen LogP contribution in [-0.4, -0.2) is 10.8 Å². The summed E-state index contributed by atoms with van der Waals surface area (Å²) in [6.07, 6.45) is 1.96. The zero-order valence-electron chi connectivity index (χ0n) is 30.1. The predicted molar refractivity (Wildman–Crippen MR) is 221 cm³/mol. The van der Waals surface area contributed by atoms with Gasteiger partial charge in [-0.05, 0) is 96.2 Å². The van der Waals surface area contributed by atoms with Crippen LogP contribution >= 0.6 is 0 Å². The van der Waals surface area contributed by atoms with E-state index in [2.05, 4.69) is 128 Å². The van der Waals surface area contributed by atoms with Crippen LogP contribution in [-0.2, 0) is 5.41 Å². The molecule has 4 nitrogen and oxygen atoms in total. The Morgan fingerprint density at radius 1 is 0.537 bits per heavy atom. The zero-order chi connectivity index (χ0) is 36.8. The van der Waals surface area contributed by atoms with Crippen LogP contribution in [0.4, 0.5) is 0 Å². The first kappa shape index (κ1) is 32.8. The fourth-order valence-corrected chi connectivity index (χ4v) is 7.99. The standard InChI is InChI=1S/C50H36N4/c1-50(2)46-27-32(30-51)19-25-43(46)44-26-24-37(29-47(44)50)40-16-10-17-41-39(15-9-18-42(40)41)35-20-22-36(23-21-35)48(52)54-49-45(34-13-7-4-8-14-34)28-38(31-53-49)33-11-5-3-6-12-33/h3-29,31H,1-2H3,(H2,52,53,54). The summed E-state index contributed by atoms with van der Waals surface area (Å²) in [7, 11) is 0. The molecule has 7 aromatic carbocycles. The van der Waals surface area contributed by atoms with Gasteiger partial charge < -0.3 is 4.98 Å². The third-order valence-electron chi connectivity index (χ3n) is 10.8. The fraction of sp³-hybridized carbons (Fsp3) is 0.0600. The molecule has 2 N–H and O–H groups in total. The summed E-state index contributed by atoms with van der Waals surface area (Å²) in [5.41, 5.74) is 15.5.